The Labute approximate surface area is 286 Å². The molecular weight excluding hydrogens is 654 g/mol. The Bertz CT molecular complexity index is 1980. The number of benzene rings is 2. The molecule has 0 saturated heterocycles. The van der Waals surface area contributed by atoms with Crippen molar-refractivity contribution in [2.75, 3.05) is 13.2 Å². The highest BCUT2D eigenvalue weighted by molar-refractivity contribution is 7.89. The lowest BCUT2D eigenvalue weighted by atomic mass is 9.83. The van der Waals surface area contributed by atoms with Crippen molar-refractivity contribution in [2.24, 2.45) is 7.05 Å². The van der Waals surface area contributed by atoms with Crippen LogP contribution in [0.2, 0.25) is 5.02 Å². The van der Waals surface area contributed by atoms with Crippen LogP contribution in [0.4, 0.5) is 0 Å². The van der Waals surface area contributed by atoms with Crippen molar-refractivity contribution in [3.8, 4) is 11.6 Å². The molecule has 1 aliphatic heterocycles. The van der Waals surface area contributed by atoms with E-state index in [9.17, 15) is 13.2 Å². The molecule has 0 N–H and O–H groups in total. The molecule has 2 aromatic carbocycles. The zero-order valence-corrected chi connectivity index (χ0v) is 29.8. The molecule has 2 aliphatic rings. The summed E-state index contributed by atoms with van der Waals surface area (Å²) in [4.78, 5) is 17.4. The second-order valence-electron chi connectivity index (χ2n) is 12.8. The average Bonchev–Trinajstić information content (AvgIpc) is 3.66. The summed E-state index contributed by atoms with van der Waals surface area (Å²) in [5.41, 5.74) is 7.38. The number of esters is 1. The van der Waals surface area contributed by atoms with E-state index in [4.69, 9.17) is 25.8 Å². The SMILES string of the molecule is CCOC(=O)C[C@H](c1cc2c(c(CN3C[C@@H](CC)Oc4ncc(Cl)cc4S3(=O)=O)c1)CCC2)c1cc(OC(C)C)c2c(nnn2C)c1C. The first-order valence-corrected chi connectivity index (χ1v) is 18.3. The van der Waals surface area contributed by atoms with E-state index in [0.717, 1.165) is 58.2 Å². The molecule has 6 rings (SSSR count). The van der Waals surface area contributed by atoms with E-state index in [-0.39, 0.29) is 60.1 Å². The van der Waals surface area contributed by atoms with Gasteiger partial charge in [0, 0.05) is 25.7 Å². The van der Waals surface area contributed by atoms with Gasteiger partial charge >= 0.3 is 5.97 Å². The third-order valence-electron chi connectivity index (χ3n) is 9.17. The van der Waals surface area contributed by atoms with Crippen molar-refractivity contribution in [3.05, 3.63) is 68.9 Å². The fraction of sp³-hybridized carbons (Fsp3) is 0.486. The van der Waals surface area contributed by atoms with Crippen LogP contribution in [0.5, 0.6) is 11.6 Å². The quantitative estimate of drug-likeness (QED) is 0.182. The van der Waals surface area contributed by atoms with Crippen LogP contribution in [-0.4, -0.2) is 64.0 Å². The van der Waals surface area contributed by atoms with Crippen LogP contribution in [0.1, 0.15) is 86.3 Å². The molecule has 13 heteroatoms. The maximum Gasteiger partial charge on any atom is 0.306 e. The number of ether oxygens (including phenoxy) is 3. The lowest BCUT2D eigenvalue weighted by Crippen LogP contribution is -2.36. The third kappa shape index (κ3) is 6.49. The monoisotopic (exact) mass is 695 g/mol. The minimum Gasteiger partial charge on any atom is -0.489 e. The van der Waals surface area contributed by atoms with Crippen molar-refractivity contribution < 1.29 is 27.4 Å². The Morgan fingerprint density at radius 2 is 1.96 bits per heavy atom. The minimum absolute atomic E-state index is 0.0375. The molecule has 0 bridgehead atoms. The lowest BCUT2D eigenvalue weighted by Gasteiger charge is -2.26. The predicted molar refractivity (Wildman–Crippen MR) is 182 cm³/mol. The standard InChI is InChI=1S/C35H42ClN5O6S/c1-7-26-19-41(48(43,44)31-14-25(36)17-37-35(31)47-26)18-24-13-23(12-22-10-9-11-27(22)24)29(16-32(42)45-8-2)28-15-30(46-20(3)4)34-33(21(28)5)38-39-40(34)6/h12-15,17,20,26,29H,7-11,16,18-19H2,1-6H3/t26-,29-/m1/s1. The highest BCUT2D eigenvalue weighted by Gasteiger charge is 2.37. The largest absolute Gasteiger partial charge is 0.489 e. The summed E-state index contributed by atoms with van der Waals surface area (Å²) >= 11 is 6.22. The molecular formula is C35H42ClN5O6S. The molecule has 0 spiro atoms. The molecule has 0 saturated carbocycles. The number of rotatable bonds is 10. The Kier molecular flexibility index (Phi) is 9.70. The molecule has 4 aromatic rings. The Hall–Kier alpha value is -3.74. The normalized spacial score (nSPS) is 17.9. The van der Waals surface area contributed by atoms with Crippen molar-refractivity contribution in [1.29, 1.82) is 0 Å². The zero-order chi connectivity index (χ0) is 34.3. The van der Waals surface area contributed by atoms with Gasteiger partial charge in [-0.15, -0.1) is 5.10 Å². The van der Waals surface area contributed by atoms with E-state index in [1.165, 1.54) is 16.6 Å². The summed E-state index contributed by atoms with van der Waals surface area (Å²) in [7, 11) is -2.17. The van der Waals surface area contributed by atoms with Gasteiger partial charge in [-0.1, -0.05) is 35.9 Å². The molecule has 0 unspecified atom stereocenters. The molecule has 0 fully saturated rings. The first kappa shape index (κ1) is 34.1. The van der Waals surface area contributed by atoms with E-state index in [2.05, 4.69) is 27.4 Å². The summed E-state index contributed by atoms with van der Waals surface area (Å²) in [5, 5.41) is 8.97. The topological polar surface area (TPSA) is 126 Å². The Morgan fingerprint density at radius 3 is 2.69 bits per heavy atom. The Morgan fingerprint density at radius 1 is 1.17 bits per heavy atom. The average molecular weight is 696 g/mol. The highest BCUT2D eigenvalue weighted by atomic mass is 35.5. The number of nitrogens with zero attached hydrogens (tertiary/aromatic N) is 5. The van der Waals surface area contributed by atoms with Gasteiger partial charge in [0.1, 0.15) is 27.8 Å². The van der Waals surface area contributed by atoms with Crippen LogP contribution in [-0.2, 0) is 46.0 Å². The van der Waals surface area contributed by atoms with Gasteiger partial charge in [0.2, 0.25) is 15.9 Å². The molecule has 2 atom stereocenters. The smallest absolute Gasteiger partial charge is 0.306 e. The number of hydrogen-bond donors (Lipinski definition) is 0. The molecule has 0 radical (unpaired) electrons. The van der Waals surface area contributed by atoms with Crippen LogP contribution in [0.25, 0.3) is 11.0 Å². The summed E-state index contributed by atoms with van der Waals surface area (Å²) in [6, 6.07) is 7.64. The van der Waals surface area contributed by atoms with Gasteiger partial charge in [0.25, 0.3) is 0 Å². The van der Waals surface area contributed by atoms with Crippen molar-refractivity contribution in [2.45, 2.75) is 96.3 Å². The van der Waals surface area contributed by atoms with Gasteiger partial charge in [0.15, 0.2) is 0 Å². The van der Waals surface area contributed by atoms with Gasteiger partial charge in [-0.2, -0.15) is 4.31 Å². The molecule has 1 aliphatic carbocycles. The molecule has 256 valence electrons. The second kappa shape index (κ2) is 13.6. The third-order valence-corrected chi connectivity index (χ3v) is 11.2. The summed E-state index contributed by atoms with van der Waals surface area (Å²) in [6.45, 7) is 10.2. The fourth-order valence-corrected chi connectivity index (χ4v) is 8.67. The number of carbonyl (C=O) groups is 1. The van der Waals surface area contributed by atoms with Gasteiger partial charge in [-0.25, -0.2) is 18.1 Å². The van der Waals surface area contributed by atoms with Crippen LogP contribution in [0.15, 0.2) is 35.4 Å². The van der Waals surface area contributed by atoms with Gasteiger partial charge in [-0.3, -0.25) is 4.79 Å². The summed E-state index contributed by atoms with van der Waals surface area (Å²) in [5.74, 6) is -0.0357. The first-order valence-electron chi connectivity index (χ1n) is 16.5. The van der Waals surface area contributed by atoms with Gasteiger partial charge in [-0.05, 0) is 98.9 Å². The Balaban J connectivity index is 1.49. The fourth-order valence-electron chi connectivity index (χ4n) is 6.90. The number of sulfonamides is 1. The van der Waals surface area contributed by atoms with Crippen molar-refractivity contribution in [1.82, 2.24) is 24.3 Å². The summed E-state index contributed by atoms with van der Waals surface area (Å²) < 4.78 is 49.3. The molecule has 48 heavy (non-hydrogen) atoms. The second-order valence-corrected chi connectivity index (χ2v) is 15.1. The predicted octanol–water partition coefficient (Wildman–Crippen LogP) is 6.05. The number of aromatic nitrogens is 4. The lowest BCUT2D eigenvalue weighted by molar-refractivity contribution is -0.143. The molecule has 2 aromatic heterocycles. The maximum absolute atomic E-state index is 14.2. The van der Waals surface area contributed by atoms with E-state index < -0.39 is 15.9 Å². The molecule has 0 amide bonds. The van der Waals surface area contributed by atoms with Gasteiger partial charge < -0.3 is 14.2 Å². The van der Waals surface area contributed by atoms with E-state index in [1.807, 2.05) is 40.8 Å². The number of carbonyl (C=O) groups excluding carboxylic acids is 1. The van der Waals surface area contributed by atoms with E-state index >= 15 is 0 Å². The van der Waals surface area contributed by atoms with E-state index in [0.29, 0.717) is 17.7 Å². The number of hydrogen-bond acceptors (Lipinski definition) is 9. The highest BCUT2D eigenvalue weighted by Crippen LogP contribution is 2.41. The number of fused-ring (bicyclic) bond motifs is 3. The zero-order valence-electron chi connectivity index (χ0n) is 28.2. The summed E-state index contributed by atoms with van der Waals surface area (Å²) in [6.07, 6.45) is 4.26. The molecule has 3 heterocycles. The van der Waals surface area contributed by atoms with E-state index in [1.54, 1.807) is 11.6 Å². The van der Waals surface area contributed by atoms with Crippen LogP contribution < -0.4 is 9.47 Å². The van der Waals surface area contributed by atoms with Gasteiger partial charge in [0.05, 0.1) is 30.7 Å². The molecule has 11 nitrogen and oxygen atoms in total. The van der Waals surface area contributed by atoms with Crippen LogP contribution >= 0.6 is 11.6 Å². The first-order chi connectivity index (χ1) is 22.9. The number of halogens is 1. The van der Waals surface area contributed by atoms with Crippen LogP contribution in [0, 0.1) is 6.92 Å². The van der Waals surface area contributed by atoms with Crippen LogP contribution in [0.3, 0.4) is 0 Å². The number of pyridine rings is 1. The minimum atomic E-state index is -4.00. The number of aryl methyl sites for hydroxylation is 3. The van der Waals surface area contributed by atoms with Crippen molar-refractivity contribution in [3.63, 3.8) is 0 Å². The maximum atomic E-state index is 14.2. The van der Waals surface area contributed by atoms with Crippen molar-refractivity contribution >= 4 is 38.6 Å².